The molecule has 0 fully saturated rings. The lowest BCUT2D eigenvalue weighted by Crippen LogP contribution is -2.09. The Labute approximate surface area is 85.1 Å². The number of methoxy groups -OCH3 is 1. The maximum absolute atomic E-state index is 11.0. The molecule has 0 aliphatic rings. The lowest BCUT2D eigenvalue weighted by Gasteiger charge is -1.98. The highest BCUT2D eigenvalue weighted by molar-refractivity contribution is 7.17. The van der Waals surface area contributed by atoms with E-state index in [1.54, 1.807) is 12.5 Å². The van der Waals surface area contributed by atoms with Crippen molar-refractivity contribution in [2.75, 3.05) is 7.11 Å². The highest BCUT2D eigenvalue weighted by Gasteiger charge is 2.08. The zero-order chi connectivity index (χ0) is 10.1. The van der Waals surface area contributed by atoms with Gasteiger partial charge in [0.05, 0.1) is 12.7 Å². The van der Waals surface area contributed by atoms with Gasteiger partial charge in [-0.25, -0.2) is 0 Å². The molecule has 1 aromatic heterocycles. The van der Waals surface area contributed by atoms with E-state index in [4.69, 9.17) is 10.5 Å². The smallest absolute Gasteiger partial charge is 0.250 e. The van der Waals surface area contributed by atoms with E-state index in [9.17, 15) is 4.79 Å². The predicted molar refractivity (Wildman–Crippen MR) is 56.9 cm³/mol. The second-order valence-electron chi connectivity index (χ2n) is 2.88. The van der Waals surface area contributed by atoms with Crippen LogP contribution in [0.25, 0.3) is 10.1 Å². The van der Waals surface area contributed by atoms with Crippen LogP contribution in [-0.4, -0.2) is 13.0 Å². The molecule has 14 heavy (non-hydrogen) atoms. The first-order valence-electron chi connectivity index (χ1n) is 4.07. The van der Waals surface area contributed by atoms with Gasteiger partial charge in [0.1, 0.15) is 5.75 Å². The SMILES string of the molecule is COc1ccc2c(C(N)=O)csc2c1. The highest BCUT2D eigenvalue weighted by atomic mass is 32.1. The normalized spacial score (nSPS) is 10.4. The molecule has 0 atom stereocenters. The summed E-state index contributed by atoms with van der Waals surface area (Å²) in [6, 6.07) is 5.57. The molecule has 0 saturated carbocycles. The average Bonchev–Trinajstić information content (AvgIpc) is 2.59. The minimum Gasteiger partial charge on any atom is -0.497 e. The monoisotopic (exact) mass is 207 g/mol. The molecule has 0 saturated heterocycles. The standard InChI is InChI=1S/C10H9NO2S/c1-13-6-2-3-7-8(10(11)12)5-14-9(7)4-6/h2-5H,1H3,(H2,11,12). The Bertz CT molecular complexity index is 490. The molecule has 0 aliphatic heterocycles. The molecule has 1 heterocycles. The lowest BCUT2D eigenvalue weighted by atomic mass is 10.1. The van der Waals surface area contributed by atoms with E-state index in [0.717, 1.165) is 15.8 Å². The summed E-state index contributed by atoms with van der Waals surface area (Å²) in [5.74, 6) is 0.400. The maximum Gasteiger partial charge on any atom is 0.250 e. The average molecular weight is 207 g/mol. The Kier molecular flexibility index (Phi) is 2.13. The Morgan fingerprint density at radius 1 is 1.50 bits per heavy atom. The van der Waals surface area contributed by atoms with Crippen molar-refractivity contribution in [1.82, 2.24) is 0 Å². The van der Waals surface area contributed by atoms with Crippen LogP contribution in [0.1, 0.15) is 10.4 Å². The van der Waals surface area contributed by atoms with Gasteiger partial charge in [0.15, 0.2) is 0 Å². The van der Waals surface area contributed by atoms with Crippen molar-refractivity contribution in [3.05, 3.63) is 29.1 Å². The van der Waals surface area contributed by atoms with Gasteiger partial charge in [0.2, 0.25) is 5.91 Å². The van der Waals surface area contributed by atoms with Crippen LogP contribution in [0, 0.1) is 0 Å². The van der Waals surface area contributed by atoms with Gasteiger partial charge in [-0.2, -0.15) is 0 Å². The molecule has 0 bridgehead atoms. The summed E-state index contributed by atoms with van der Waals surface area (Å²) in [6.45, 7) is 0. The van der Waals surface area contributed by atoms with E-state index in [1.165, 1.54) is 11.3 Å². The number of hydrogen-bond donors (Lipinski definition) is 1. The highest BCUT2D eigenvalue weighted by Crippen LogP contribution is 2.29. The van der Waals surface area contributed by atoms with Crippen molar-refractivity contribution >= 4 is 27.3 Å². The zero-order valence-electron chi connectivity index (χ0n) is 7.61. The van der Waals surface area contributed by atoms with E-state index < -0.39 is 0 Å². The molecule has 0 aliphatic carbocycles. The molecule has 2 aromatic rings. The van der Waals surface area contributed by atoms with Crippen molar-refractivity contribution in [2.24, 2.45) is 5.73 Å². The number of rotatable bonds is 2. The van der Waals surface area contributed by atoms with Crippen molar-refractivity contribution < 1.29 is 9.53 Å². The fourth-order valence-electron chi connectivity index (χ4n) is 1.33. The molecule has 0 spiro atoms. The first kappa shape index (κ1) is 9.02. The Morgan fingerprint density at radius 3 is 2.93 bits per heavy atom. The molecule has 4 heteroatoms. The third kappa shape index (κ3) is 1.33. The third-order valence-corrected chi connectivity index (χ3v) is 2.99. The summed E-state index contributed by atoms with van der Waals surface area (Å²) >= 11 is 1.49. The summed E-state index contributed by atoms with van der Waals surface area (Å²) in [5.41, 5.74) is 5.81. The first-order valence-corrected chi connectivity index (χ1v) is 4.95. The van der Waals surface area contributed by atoms with Gasteiger partial charge in [-0.15, -0.1) is 11.3 Å². The van der Waals surface area contributed by atoms with Gasteiger partial charge in [-0.05, 0) is 18.2 Å². The molecule has 2 rings (SSSR count). The fraction of sp³-hybridized carbons (Fsp3) is 0.100. The Balaban J connectivity index is 2.65. The van der Waals surface area contributed by atoms with Crippen molar-refractivity contribution in [3.63, 3.8) is 0 Å². The minimum atomic E-state index is -0.388. The number of ether oxygens (including phenoxy) is 1. The lowest BCUT2D eigenvalue weighted by molar-refractivity contribution is 0.100. The number of nitrogens with two attached hydrogens (primary N) is 1. The number of hydrogen-bond acceptors (Lipinski definition) is 3. The van der Waals surface area contributed by atoms with Crippen molar-refractivity contribution in [2.45, 2.75) is 0 Å². The van der Waals surface area contributed by atoms with Crippen molar-refractivity contribution in [1.29, 1.82) is 0 Å². The minimum absolute atomic E-state index is 0.388. The number of amides is 1. The van der Waals surface area contributed by atoms with Gasteiger partial charge in [-0.1, -0.05) is 0 Å². The predicted octanol–water partition coefficient (Wildman–Crippen LogP) is 2.01. The van der Waals surface area contributed by atoms with E-state index in [1.807, 2.05) is 18.2 Å². The van der Waals surface area contributed by atoms with Crippen LogP contribution in [0.5, 0.6) is 5.75 Å². The van der Waals surface area contributed by atoms with Gasteiger partial charge in [-0.3, -0.25) is 4.79 Å². The molecule has 1 amide bonds. The number of carbonyl (C=O) groups is 1. The number of carbonyl (C=O) groups excluding carboxylic acids is 1. The molecule has 3 nitrogen and oxygen atoms in total. The van der Waals surface area contributed by atoms with Crippen LogP contribution in [0.3, 0.4) is 0 Å². The van der Waals surface area contributed by atoms with E-state index in [2.05, 4.69) is 0 Å². The maximum atomic E-state index is 11.0. The molecular formula is C10H9NO2S. The van der Waals surface area contributed by atoms with Gasteiger partial charge >= 0.3 is 0 Å². The quantitative estimate of drug-likeness (QED) is 0.819. The van der Waals surface area contributed by atoms with E-state index in [0.29, 0.717) is 5.56 Å². The molecule has 1 aromatic carbocycles. The Morgan fingerprint density at radius 2 is 2.29 bits per heavy atom. The molecule has 72 valence electrons. The number of thiophene rings is 1. The molecule has 0 unspecified atom stereocenters. The zero-order valence-corrected chi connectivity index (χ0v) is 8.43. The van der Waals surface area contributed by atoms with Gasteiger partial charge in [0, 0.05) is 15.5 Å². The summed E-state index contributed by atoms with van der Waals surface area (Å²) in [7, 11) is 1.61. The van der Waals surface area contributed by atoms with Gasteiger partial charge in [0.25, 0.3) is 0 Å². The summed E-state index contributed by atoms with van der Waals surface area (Å²) in [5, 5.41) is 2.66. The van der Waals surface area contributed by atoms with Crippen LogP contribution in [0.15, 0.2) is 23.6 Å². The number of fused-ring (bicyclic) bond motifs is 1. The largest absolute Gasteiger partial charge is 0.497 e. The molecular weight excluding hydrogens is 198 g/mol. The van der Waals surface area contributed by atoms with Crippen LogP contribution in [0.4, 0.5) is 0 Å². The summed E-state index contributed by atoms with van der Waals surface area (Å²) < 4.78 is 6.09. The van der Waals surface area contributed by atoms with Crippen LogP contribution < -0.4 is 10.5 Å². The second-order valence-corrected chi connectivity index (χ2v) is 3.79. The summed E-state index contributed by atoms with van der Waals surface area (Å²) in [6.07, 6.45) is 0. The number of benzene rings is 1. The van der Waals surface area contributed by atoms with E-state index in [-0.39, 0.29) is 5.91 Å². The summed E-state index contributed by atoms with van der Waals surface area (Å²) in [4.78, 5) is 11.0. The van der Waals surface area contributed by atoms with Crippen LogP contribution in [0.2, 0.25) is 0 Å². The van der Waals surface area contributed by atoms with Crippen LogP contribution in [-0.2, 0) is 0 Å². The fourth-order valence-corrected chi connectivity index (χ4v) is 2.30. The Hall–Kier alpha value is -1.55. The first-order chi connectivity index (χ1) is 6.72. The second kappa shape index (κ2) is 3.31. The number of primary amides is 1. The van der Waals surface area contributed by atoms with Crippen molar-refractivity contribution in [3.8, 4) is 5.75 Å². The van der Waals surface area contributed by atoms with E-state index >= 15 is 0 Å². The molecule has 0 radical (unpaired) electrons. The molecule has 2 N–H and O–H groups in total. The van der Waals surface area contributed by atoms with Crippen LogP contribution >= 0.6 is 11.3 Å². The third-order valence-electron chi connectivity index (χ3n) is 2.05. The topological polar surface area (TPSA) is 52.3 Å². The van der Waals surface area contributed by atoms with Gasteiger partial charge < -0.3 is 10.5 Å².